The van der Waals surface area contributed by atoms with Gasteiger partial charge in [0.2, 0.25) is 0 Å². The van der Waals surface area contributed by atoms with E-state index in [2.05, 4.69) is 9.98 Å². The molecule has 0 N–H and O–H groups in total. The minimum atomic E-state index is -0.191. The van der Waals surface area contributed by atoms with Crippen molar-refractivity contribution < 1.29 is 9.53 Å². The molecule has 0 atom stereocenters. The lowest BCUT2D eigenvalue weighted by atomic mass is 10.2. The highest BCUT2D eigenvalue weighted by Gasteiger charge is 1.98. The monoisotopic (exact) mass is 226 g/mol. The molecule has 1 aromatic rings. The van der Waals surface area contributed by atoms with Crippen LogP contribution < -0.4 is 4.74 Å². The maximum atomic E-state index is 11.2. The minimum absolute atomic E-state index is 0.191. The highest BCUT2D eigenvalue weighted by molar-refractivity contribution is 5.99. The van der Waals surface area contributed by atoms with Crippen LogP contribution in [0.5, 0.6) is 5.75 Å². The lowest BCUT2D eigenvalue weighted by molar-refractivity contribution is -0.110. The average molecular weight is 226 g/mol. The predicted octanol–water partition coefficient (Wildman–Crippen LogP) is 2.12. The van der Waals surface area contributed by atoms with Gasteiger partial charge in [-0.2, -0.15) is 0 Å². The Hall–Kier alpha value is -2.49. The maximum absolute atomic E-state index is 11.2. The molecule has 2 rings (SSSR count). The number of benzene rings is 1. The molecule has 0 bridgehead atoms. The van der Waals surface area contributed by atoms with E-state index in [1.54, 1.807) is 12.3 Å². The van der Waals surface area contributed by atoms with Gasteiger partial charge in [0, 0.05) is 30.1 Å². The van der Waals surface area contributed by atoms with E-state index in [0.717, 1.165) is 5.56 Å². The van der Waals surface area contributed by atoms with Crippen LogP contribution in [0.2, 0.25) is 0 Å². The molecule has 1 aliphatic rings. The number of hydrogen-bond acceptors (Lipinski definition) is 4. The third-order valence-corrected chi connectivity index (χ3v) is 2.02. The SMILES string of the molecule is O=C1C=CN=CN=Cc2ccccc2OC=C1. The van der Waals surface area contributed by atoms with Gasteiger partial charge in [-0.05, 0) is 12.1 Å². The van der Waals surface area contributed by atoms with Crippen molar-refractivity contribution in [2.75, 3.05) is 0 Å². The molecule has 0 aromatic heterocycles. The molecular formula is C13H10N2O2. The number of ether oxygens (including phenoxy) is 1. The first-order valence-electron chi connectivity index (χ1n) is 5.04. The number of allylic oxidation sites excluding steroid dienone is 2. The normalized spacial score (nSPS) is 14.7. The fraction of sp³-hybridized carbons (Fsp3) is 0. The highest BCUT2D eigenvalue weighted by Crippen LogP contribution is 2.16. The van der Waals surface area contributed by atoms with E-state index in [0.29, 0.717) is 5.75 Å². The largest absolute Gasteiger partial charge is 0.464 e. The first-order valence-corrected chi connectivity index (χ1v) is 5.04. The van der Waals surface area contributed by atoms with Crippen LogP contribution in [-0.4, -0.2) is 18.3 Å². The zero-order valence-electron chi connectivity index (χ0n) is 8.98. The van der Waals surface area contributed by atoms with Crippen LogP contribution in [0, 0.1) is 0 Å². The second kappa shape index (κ2) is 5.55. The Bertz CT molecular complexity index is 528. The summed E-state index contributed by atoms with van der Waals surface area (Å²) in [6.45, 7) is 0. The molecule has 4 nitrogen and oxygen atoms in total. The zero-order valence-corrected chi connectivity index (χ0v) is 8.98. The summed E-state index contributed by atoms with van der Waals surface area (Å²) in [6.07, 6.45) is 8.42. The summed E-state index contributed by atoms with van der Waals surface area (Å²) in [7, 11) is 0. The third kappa shape index (κ3) is 3.24. The molecule has 1 aliphatic heterocycles. The molecule has 0 amide bonds. The Morgan fingerprint density at radius 1 is 1.06 bits per heavy atom. The standard InChI is InChI=1S/C13H10N2O2/c16-12-5-7-14-10-15-9-11-3-1-2-4-13(11)17-8-6-12/h1-10H. The average Bonchev–Trinajstić information content (AvgIpc) is 2.33. The van der Waals surface area contributed by atoms with Gasteiger partial charge >= 0.3 is 0 Å². The number of aliphatic imine (C=N–C) groups is 2. The van der Waals surface area contributed by atoms with Gasteiger partial charge in [-0.25, -0.2) is 9.98 Å². The number of ketones is 1. The van der Waals surface area contributed by atoms with Gasteiger partial charge in [-0.1, -0.05) is 12.1 Å². The summed E-state index contributed by atoms with van der Waals surface area (Å²) in [5, 5.41) is 0. The molecule has 4 heteroatoms. The van der Waals surface area contributed by atoms with Gasteiger partial charge in [-0.3, -0.25) is 4.79 Å². The zero-order chi connectivity index (χ0) is 11.9. The molecule has 0 saturated carbocycles. The van der Waals surface area contributed by atoms with Gasteiger partial charge in [0.15, 0.2) is 5.78 Å². The van der Waals surface area contributed by atoms with E-state index < -0.39 is 0 Å². The van der Waals surface area contributed by atoms with Gasteiger partial charge in [0.1, 0.15) is 12.1 Å². The van der Waals surface area contributed by atoms with Crippen LogP contribution in [0.4, 0.5) is 0 Å². The van der Waals surface area contributed by atoms with Crippen LogP contribution in [0.3, 0.4) is 0 Å². The Morgan fingerprint density at radius 3 is 2.88 bits per heavy atom. The van der Waals surface area contributed by atoms with Gasteiger partial charge in [0.05, 0.1) is 6.26 Å². The maximum Gasteiger partial charge on any atom is 0.183 e. The first-order chi connectivity index (χ1) is 8.36. The topological polar surface area (TPSA) is 51.0 Å². The van der Waals surface area contributed by atoms with E-state index in [1.807, 2.05) is 18.2 Å². The van der Waals surface area contributed by atoms with Crippen LogP contribution >= 0.6 is 0 Å². The fourth-order valence-electron chi connectivity index (χ4n) is 1.23. The molecule has 17 heavy (non-hydrogen) atoms. The van der Waals surface area contributed by atoms with E-state index >= 15 is 0 Å². The minimum Gasteiger partial charge on any atom is -0.464 e. The summed E-state index contributed by atoms with van der Waals surface area (Å²) < 4.78 is 5.36. The van der Waals surface area contributed by atoms with Crippen LogP contribution in [0.15, 0.2) is 58.9 Å². The van der Waals surface area contributed by atoms with Crippen molar-refractivity contribution >= 4 is 18.3 Å². The molecule has 0 aliphatic carbocycles. The summed E-state index contributed by atoms with van der Waals surface area (Å²) in [5.41, 5.74) is 0.820. The second-order valence-corrected chi connectivity index (χ2v) is 3.22. The molecule has 0 spiro atoms. The van der Waals surface area contributed by atoms with Crippen LogP contribution in [-0.2, 0) is 4.79 Å². The van der Waals surface area contributed by atoms with E-state index in [9.17, 15) is 4.79 Å². The molecule has 0 unspecified atom stereocenters. The van der Waals surface area contributed by atoms with Crippen molar-refractivity contribution in [3.63, 3.8) is 0 Å². The molecule has 0 fully saturated rings. The molecule has 0 saturated heterocycles. The lowest BCUT2D eigenvalue weighted by Crippen LogP contribution is -1.92. The third-order valence-electron chi connectivity index (χ3n) is 2.02. The Labute approximate surface area is 98.7 Å². The lowest BCUT2D eigenvalue weighted by Gasteiger charge is -2.03. The van der Waals surface area contributed by atoms with Crippen molar-refractivity contribution in [3.8, 4) is 5.75 Å². The molecular weight excluding hydrogens is 216 g/mol. The van der Waals surface area contributed by atoms with E-state index in [1.165, 1.54) is 31.0 Å². The number of rotatable bonds is 0. The Kier molecular flexibility index (Phi) is 3.60. The van der Waals surface area contributed by atoms with Crippen molar-refractivity contribution in [1.82, 2.24) is 0 Å². The van der Waals surface area contributed by atoms with Crippen molar-refractivity contribution in [2.45, 2.75) is 0 Å². The highest BCUT2D eigenvalue weighted by atomic mass is 16.5. The summed E-state index contributed by atoms with van der Waals surface area (Å²) in [6, 6.07) is 7.40. The van der Waals surface area contributed by atoms with Gasteiger partial charge in [0.25, 0.3) is 0 Å². The summed E-state index contributed by atoms with van der Waals surface area (Å²) in [5.74, 6) is 0.447. The van der Waals surface area contributed by atoms with Crippen LogP contribution in [0.25, 0.3) is 0 Å². The quantitative estimate of drug-likeness (QED) is 0.680. The number of para-hydroxylation sites is 1. The number of carbonyl (C=O) groups excluding carboxylic acids is 1. The van der Waals surface area contributed by atoms with E-state index in [-0.39, 0.29) is 5.78 Å². The summed E-state index contributed by atoms with van der Waals surface area (Å²) >= 11 is 0. The number of nitrogens with zero attached hydrogens (tertiary/aromatic N) is 2. The molecule has 1 aromatic carbocycles. The number of hydrogen-bond donors (Lipinski definition) is 0. The predicted molar refractivity (Wildman–Crippen MR) is 66.4 cm³/mol. The number of carbonyl (C=O) groups is 1. The smallest absolute Gasteiger partial charge is 0.183 e. The Balaban J connectivity index is 2.35. The van der Waals surface area contributed by atoms with E-state index in [4.69, 9.17) is 4.74 Å². The molecule has 0 radical (unpaired) electrons. The van der Waals surface area contributed by atoms with Crippen LogP contribution in [0.1, 0.15) is 5.56 Å². The first kappa shape index (κ1) is 11.0. The molecule has 1 heterocycles. The number of fused-ring (bicyclic) bond motifs is 1. The second-order valence-electron chi connectivity index (χ2n) is 3.22. The van der Waals surface area contributed by atoms with Crippen molar-refractivity contribution in [3.05, 3.63) is 54.4 Å². The molecule has 84 valence electrons. The van der Waals surface area contributed by atoms with Gasteiger partial charge in [-0.15, -0.1) is 0 Å². The Morgan fingerprint density at radius 2 is 1.94 bits per heavy atom. The van der Waals surface area contributed by atoms with Crippen molar-refractivity contribution in [1.29, 1.82) is 0 Å². The fourth-order valence-corrected chi connectivity index (χ4v) is 1.23. The van der Waals surface area contributed by atoms with Gasteiger partial charge < -0.3 is 4.74 Å². The summed E-state index contributed by atoms with van der Waals surface area (Å²) in [4.78, 5) is 19.1. The van der Waals surface area contributed by atoms with Crippen molar-refractivity contribution in [2.24, 2.45) is 9.98 Å².